The number of hydrogen-bond donors (Lipinski definition) is 0. The Morgan fingerprint density at radius 3 is 2.55 bits per heavy atom. The van der Waals surface area contributed by atoms with Crippen molar-refractivity contribution in [2.24, 2.45) is 18.9 Å². The van der Waals surface area contributed by atoms with Crippen LogP contribution in [0.25, 0.3) is 10.9 Å². The highest BCUT2D eigenvalue weighted by Crippen LogP contribution is 2.41. The quantitative estimate of drug-likeness (QED) is 0.780. The van der Waals surface area contributed by atoms with E-state index in [0.717, 1.165) is 41.1 Å². The van der Waals surface area contributed by atoms with Crippen molar-refractivity contribution in [3.63, 3.8) is 0 Å². The third-order valence-electron chi connectivity index (χ3n) is 5.04. The fraction of sp³-hybridized carbons (Fsp3) is 0.588. The molecule has 1 aromatic carbocycles. The molecule has 1 saturated carbocycles. The molecule has 0 amide bonds. The molecule has 2 aromatic rings. The summed E-state index contributed by atoms with van der Waals surface area (Å²) in [4.78, 5) is 0. The van der Waals surface area contributed by atoms with Gasteiger partial charge in [-0.05, 0) is 55.6 Å². The molecule has 3 heteroatoms. The fourth-order valence-corrected chi connectivity index (χ4v) is 3.71. The van der Waals surface area contributed by atoms with Gasteiger partial charge in [-0.2, -0.15) is 5.10 Å². The molecule has 0 bridgehead atoms. The molecule has 0 atom stereocenters. The van der Waals surface area contributed by atoms with Gasteiger partial charge in [-0.15, -0.1) is 0 Å². The Bertz CT molecular complexity index is 607. The smallest absolute Gasteiger partial charge is 0.127 e. The van der Waals surface area contributed by atoms with Crippen LogP contribution in [0.3, 0.4) is 0 Å². The second-order valence-electron chi connectivity index (χ2n) is 6.52. The van der Waals surface area contributed by atoms with Crippen LogP contribution in [-0.2, 0) is 7.05 Å². The van der Waals surface area contributed by atoms with Crippen molar-refractivity contribution >= 4 is 10.9 Å². The minimum Gasteiger partial charge on any atom is -0.268 e. The second-order valence-corrected chi connectivity index (χ2v) is 6.52. The molecule has 0 saturated heterocycles. The normalized spacial score (nSPS) is 23.6. The second kappa shape index (κ2) is 5.19. The van der Waals surface area contributed by atoms with E-state index in [1.165, 1.54) is 12.8 Å². The van der Waals surface area contributed by atoms with Crippen LogP contribution in [0, 0.1) is 17.7 Å². The molecule has 1 fully saturated rings. The summed E-state index contributed by atoms with van der Waals surface area (Å²) in [7, 11) is 1.92. The number of benzene rings is 1. The molecule has 0 N–H and O–H groups in total. The Morgan fingerprint density at radius 1 is 1.20 bits per heavy atom. The van der Waals surface area contributed by atoms with E-state index in [1.54, 1.807) is 6.07 Å². The van der Waals surface area contributed by atoms with Gasteiger partial charge < -0.3 is 0 Å². The number of hydrogen-bond acceptors (Lipinski definition) is 1. The molecule has 3 rings (SSSR count). The highest BCUT2D eigenvalue weighted by atomic mass is 19.1. The number of aryl methyl sites for hydroxylation is 1. The summed E-state index contributed by atoms with van der Waals surface area (Å²) >= 11 is 0. The predicted molar refractivity (Wildman–Crippen MR) is 80.2 cm³/mol. The first-order chi connectivity index (χ1) is 9.58. The van der Waals surface area contributed by atoms with Gasteiger partial charge in [-0.1, -0.05) is 13.8 Å². The summed E-state index contributed by atoms with van der Waals surface area (Å²) < 4.78 is 16.2. The van der Waals surface area contributed by atoms with Crippen molar-refractivity contribution in [3.05, 3.63) is 29.7 Å². The van der Waals surface area contributed by atoms with E-state index < -0.39 is 0 Å². The van der Waals surface area contributed by atoms with E-state index in [0.29, 0.717) is 5.92 Å². The van der Waals surface area contributed by atoms with Crippen LogP contribution in [0.2, 0.25) is 0 Å². The summed E-state index contributed by atoms with van der Waals surface area (Å²) in [6.45, 7) is 4.60. The molecule has 0 spiro atoms. The van der Waals surface area contributed by atoms with Crippen molar-refractivity contribution < 1.29 is 4.39 Å². The molecule has 1 aromatic heterocycles. The van der Waals surface area contributed by atoms with E-state index in [1.807, 2.05) is 24.0 Å². The Morgan fingerprint density at radius 2 is 1.90 bits per heavy atom. The number of nitrogens with zero attached hydrogens (tertiary/aromatic N) is 2. The minimum atomic E-state index is -0.0569. The van der Waals surface area contributed by atoms with Crippen LogP contribution in [0.4, 0.5) is 4.39 Å². The van der Waals surface area contributed by atoms with E-state index in [4.69, 9.17) is 0 Å². The standard InChI is InChI=1S/C17H23FN2/c1-11(2)12-4-6-13(7-5-12)17-14-10-19-20(3)16(14)9-8-15(17)18/h8-13H,4-7H2,1-3H3. The lowest BCUT2D eigenvalue weighted by Gasteiger charge is -2.31. The zero-order valence-electron chi connectivity index (χ0n) is 12.6. The minimum absolute atomic E-state index is 0.0569. The van der Waals surface area contributed by atoms with Crippen LogP contribution in [0.1, 0.15) is 51.0 Å². The number of fused-ring (bicyclic) bond motifs is 1. The SMILES string of the molecule is CC(C)C1CCC(c2c(F)ccc3c2cnn3C)CC1. The summed E-state index contributed by atoms with van der Waals surface area (Å²) in [6.07, 6.45) is 6.47. The Balaban J connectivity index is 1.93. The average molecular weight is 274 g/mol. The molecule has 1 heterocycles. The summed E-state index contributed by atoms with van der Waals surface area (Å²) in [5, 5.41) is 5.29. The fourth-order valence-electron chi connectivity index (χ4n) is 3.71. The van der Waals surface area contributed by atoms with Gasteiger partial charge in [0.05, 0.1) is 11.7 Å². The van der Waals surface area contributed by atoms with Crippen molar-refractivity contribution in [2.45, 2.75) is 45.4 Å². The molecule has 2 nitrogen and oxygen atoms in total. The lowest BCUT2D eigenvalue weighted by molar-refractivity contribution is 0.257. The van der Waals surface area contributed by atoms with Gasteiger partial charge in [0.2, 0.25) is 0 Å². The van der Waals surface area contributed by atoms with E-state index in [9.17, 15) is 4.39 Å². The third kappa shape index (κ3) is 2.23. The maximum atomic E-state index is 14.3. The number of aromatic nitrogens is 2. The first kappa shape index (κ1) is 13.6. The van der Waals surface area contributed by atoms with Crippen LogP contribution < -0.4 is 0 Å². The van der Waals surface area contributed by atoms with Gasteiger partial charge in [0, 0.05) is 18.0 Å². The Hall–Kier alpha value is -1.38. The Labute approximate surface area is 120 Å². The molecular formula is C17H23FN2. The highest BCUT2D eigenvalue weighted by molar-refractivity contribution is 5.83. The summed E-state index contributed by atoms with van der Waals surface area (Å²) in [6, 6.07) is 3.44. The Kier molecular flexibility index (Phi) is 3.53. The molecule has 1 aliphatic rings. The number of rotatable bonds is 2. The molecule has 0 aliphatic heterocycles. The van der Waals surface area contributed by atoms with Gasteiger partial charge in [0.25, 0.3) is 0 Å². The van der Waals surface area contributed by atoms with Crippen LogP contribution in [-0.4, -0.2) is 9.78 Å². The van der Waals surface area contributed by atoms with E-state index in [2.05, 4.69) is 18.9 Å². The number of halogens is 1. The summed E-state index contributed by atoms with van der Waals surface area (Å²) in [5.74, 6) is 1.86. The van der Waals surface area contributed by atoms with Gasteiger partial charge in [-0.3, -0.25) is 4.68 Å². The van der Waals surface area contributed by atoms with Crippen molar-refractivity contribution in [1.29, 1.82) is 0 Å². The van der Waals surface area contributed by atoms with Crippen LogP contribution in [0.5, 0.6) is 0 Å². The first-order valence-electron chi connectivity index (χ1n) is 7.68. The summed E-state index contributed by atoms with van der Waals surface area (Å²) in [5.41, 5.74) is 1.94. The molecule has 108 valence electrons. The maximum absolute atomic E-state index is 14.3. The van der Waals surface area contributed by atoms with Gasteiger partial charge in [0.15, 0.2) is 0 Å². The lowest BCUT2D eigenvalue weighted by Crippen LogP contribution is -2.18. The predicted octanol–water partition coefficient (Wildman–Crippen LogP) is 4.64. The van der Waals surface area contributed by atoms with Crippen LogP contribution in [0.15, 0.2) is 18.3 Å². The van der Waals surface area contributed by atoms with E-state index >= 15 is 0 Å². The maximum Gasteiger partial charge on any atom is 0.127 e. The van der Waals surface area contributed by atoms with Crippen LogP contribution >= 0.6 is 0 Å². The van der Waals surface area contributed by atoms with E-state index in [-0.39, 0.29) is 5.82 Å². The monoisotopic (exact) mass is 274 g/mol. The van der Waals surface area contributed by atoms with Gasteiger partial charge in [0.1, 0.15) is 5.82 Å². The topological polar surface area (TPSA) is 17.8 Å². The van der Waals surface area contributed by atoms with Crippen molar-refractivity contribution in [2.75, 3.05) is 0 Å². The molecule has 0 radical (unpaired) electrons. The largest absolute Gasteiger partial charge is 0.268 e. The van der Waals surface area contributed by atoms with Gasteiger partial charge in [-0.25, -0.2) is 4.39 Å². The van der Waals surface area contributed by atoms with Gasteiger partial charge >= 0.3 is 0 Å². The molecule has 0 unspecified atom stereocenters. The zero-order valence-corrected chi connectivity index (χ0v) is 12.6. The molecule has 1 aliphatic carbocycles. The zero-order chi connectivity index (χ0) is 14.3. The first-order valence-corrected chi connectivity index (χ1v) is 7.68. The molecule has 20 heavy (non-hydrogen) atoms. The van der Waals surface area contributed by atoms with Crippen molar-refractivity contribution in [3.8, 4) is 0 Å². The average Bonchev–Trinajstić information content (AvgIpc) is 2.80. The lowest BCUT2D eigenvalue weighted by atomic mass is 9.74. The third-order valence-corrected chi connectivity index (χ3v) is 5.04. The van der Waals surface area contributed by atoms with Crippen molar-refractivity contribution in [1.82, 2.24) is 9.78 Å². The molecular weight excluding hydrogens is 251 g/mol. The highest BCUT2D eigenvalue weighted by Gasteiger charge is 2.27.